The van der Waals surface area contributed by atoms with E-state index < -0.39 is 0 Å². The highest BCUT2D eigenvalue weighted by atomic mass is 32.2. The van der Waals surface area contributed by atoms with E-state index in [0.29, 0.717) is 6.54 Å². The quantitative estimate of drug-likeness (QED) is 0.562. The summed E-state index contributed by atoms with van der Waals surface area (Å²) in [5.74, 6) is 1.12. The maximum Gasteiger partial charge on any atom is 0.252 e. The second-order valence-electron chi connectivity index (χ2n) is 6.29. The molecule has 2 nitrogen and oxygen atoms in total. The molecule has 0 saturated carbocycles. The monoisotopic (exact) mass is 361 g/mol. The standard InChI is InChI=1S/C23H23NOS/c1-18(20-12-6-3-7-13-20)16-24-23(25)21-14-8-9-15-22(21)26-17-19-10-4-2-5-11-19/h2-15,18H,16-17H2,1H3,(H,24,25)/t18-/m0/s1. The molecule has 1 amide bonds. The molecule has 0 spiro atoms. The zero-order chi connectivity index (χ0) is 18.2. The van der Waals surface area contributed by atoms with Crippen LogP contribution in [0.25, 0.3) is 0 Å². The summed E-state index contributed by atoms with van der Waals surface area (Å²) in [7, 11) is 0. The smallest absolute Gasteiger partial charge is 0.252 e. The third-order valence-electron chi connectivity index (χ3n) is 4.31. The van der Waals surface area contributed by atoms with Crippen molar-refractivity contribution >= 4 is 17.7 Å². The van der Waals surface area contributed by atoms with Crippen LogP contribution in [0.1, 0.15) is 34.3 Å². The first-order valence-electron chi connectivity index (χ1n) is 8.83. The Balaban J connectivity index is 1.62. The molecule has 3 rings (SSSR count). The van der Waals surface area contributed by atoms with Gasteiger partial charge in [-0.1, -0.05) is 79.7 Å². The van der Waals surface area contributed by atoms with E-state index in [2.05, 4.69) is 36.5 Å². The normalized spacial score (nSPS) is 11.7. The van der Waals surface area contributed by atoms with Crippen molar-refractivity contribution in [1.82, 2.24) is 5.32 Å². The van der Waals surface area contributed by atoms with Crippen LogP contribution in [0.15, 0.2) is 89.8 Å². The van der Waals surface area contributed by atoms with Crippen molar-refractivity contribution in [2.24, 2.45) is 0 Å². The lowest BCUT2D eigenvalue weighted by Crippen LogP contribution is -2.27. The van der Waals surface area contributed by atoms with Gasteiger partial charge in [0.05, 0.1) is 5.56 Å². The number of benzene rings is 3. The van der Waals surface area contributed by atoms with E-state index in [1.165, 1.54) is 11.1 Å². The molecule has 0 radical (unpaired) electrons. The van der Waals surface area contributed by atoms with Gasteiger partial charge in [-0.25, -0.2) is 0 Å². The molecule has 0 unspecified atom stereocenters. The van der Waals surface area contributed by atoms with Crippen LogP contribution in [0, 0.1) is 0 Å². The zero-order valence-corrected chi connectivity index (χ0v) is 15.7. The summed E-state index contributed by atoms with van der Waals surface area (Å²) < 4.78 is 0. The second kappa shape index (κ2) is 9.25. The minimum atomic E-state index is -0.0102. The van der Waals surface area contributed by atoms with Crippen LogP contribution < -0.4 is 5.32 Å². The number of carbonyl (C=O) groups excluding carboxylic acids is 1. The van der Waals surface area contributed by atoms with Gasteiger partial charge >= 0.3 is 0 Å². The third kappa shape index (κ3) is 4.99. The van der Waals surface area contributed by atoms with Gasteiger partial charge in [0, 0.05) is 17.2 Å². The molecule has 3 heteroatoms. The van der Waals surface area contributed by atoms with Gasteiger partial charge in [-0.2, -0.15) is 0 Å². The van der Waals surface area contributed by atoms with Gasteiger partial charge in [0.25, 0.3) is 5.91 Å². The lowest BCUT2D eigenvalue weighted by molar-refractivity contribution is 0.0948. The predicted octanol–water partition coefficient (Wildman–Crippen LogP) is 5.51. The number of hydrogen-bond acceptors (Lipinski definition) is 2. The Labute approximate surface area is 159 Å². The van der Waals surface area contributed by atoms with Gasteiger partial charge in [-0.05, 0) is 29.2 Å². The van der Waals surface area contributed by atoms with Crippen LogP contribution in [0.3, 0.4) is 0 Å². The molecule has 0 heterocycles. The molecule has 0 bridgehead atoms. The Morgan fingerprint density at radius 3 is 2.23 bits per heavy atom. The van der Waals surface area contributed by atoms with Crippen molar-refractivity contribution in [3.05, 3.63) is 102 Å². The average molecular weight is 362 g/mol. The fourth-order valence-corrected chi connectivity index (χ4v) is 3.76. The summed E-state index contributed by atoms with van der Waals surface area (Å²) in [6.45, 7) is 2.76. The maximum absolute atomic E-state index is 12.7. The Kier molecular flexibility index (Phi) is 6.50. The SMILES string of the molecule is C[C@@H](CNC(=O)c1ccccc1SCc1ccccc1)c1ccccc1. The molecule has 0 aliphatic carbocycles. The van der Waals surface area contributed by atoms with Gasteiger partial charge < -0.3 is 5.32 Å². The molecule has 26 heavy (non-hydrogen) atoms. The summed E-state index contributed by atoms with van der Waals surface area (Å²) >= 11 is 1.70. The highest BCUT2D eigenvalue weighted by Crippen LogP contribution is 2.26. The second-order valence-corrected chi connectivity index (χ2v) is 7.31. The van der Waals surface area contributed by atoms with E-state index in [4.69, 9.17) is 0 Å². The zero-order valence-electron chi connectivity index (χ0n) is 14.9. The lowest BCUT2D eigenvalue weighted by atomic mass is 10.0. The summed E-state index contributed by atoms with van der Waals surface area (Å²) in [5, 5.41) is 3.08. The number of nitrogens with one attached hydrogen (secondary N) is 1. The molecular weight excluding hydrogens is 338 g/mol. The van der Waals surface area contributed by atoms with Gasteiger partial charge in [0.2, 0.25) is 0 Å². The van der Waals surface area contributed by atoms with E-state index >= 15 is 0 Å². The number of thioether (sulfide) groups is 1. The van der Waals surface area contributed by atoms with Crippen LogP contribution in [-0.4, -0.2) is 12.5 Å². The van der Waals surface area contributed by atoms with Gasteiger partial charge in [-0.15, -0.1) is 11.8 Å². The molecule has 3 aromatic rings. The van der Waals surface area contributed by atoms with Crippen molar-refractivity contribution in [3.63, 3.8) is 0 Å². The Hall–Kier alpha value is -2.52. The van der Waals surface area contributed by atoms with E-state index in [0.717, 1.165) is 16.2 Å². The fourth-order valence-electron chi connectivity index (χ4n) is 2.76. The van der Waals surface area contributed by atoms with Gasteiger partial charge in [0.1, 0.15) is 0 Å². The van der Waals surface area contributed by atoms with E-state index in [-0.39, 0.29) is 11.8 Å². The third-order valence-corrected chi connectivity index (χ3v) is 5.45. The lowest BCUT2D eigenvalue weighted by Gasteiger charge is -2.14. The van der Waals surface area contributed by atoms with Crippen molar-refractivity contribution < 1.29 is 4.79 Å². The van der Waals surface area contributed by atoms with Crippen molar-refractivity contribution in [1.29, 1.82) is 0 Å². The fraction of sp³-hybridized carbons (Fsp3) is 0.174. The Morgan fingerprint density at radius 1 is 0.885 bits per heavy atom. The molecule has 1 N–H and O–H groups in total. The maximum atomic E-state index is 12.7. The molecular formula is C23H23NOS. The molecule has 0 aliphatic rings. The van der Waals surface area contributed by atoms with E-state index in [1.807, 2.05) is 60.7 Å². The van der Waals surface area contributed by atoms with E-state index in [1.54, 1.807) is 11.8 Å². The highest BCUT2D eigenvalue weighted by Gasteiger charge is 2.13. The largest absolute Gasteiger partial charge is 0.351 e. The summed E-state index contributed by atoms with van der Waals surface area (Å²) in [5.41, 5.74) is 3.23. The molecule has 0 aliphatic heterocycles. The summed E-state index contributed by atoms with van der Waals surface area (Å²) in [6, 6.07) is 28.4. The number of rotatable bonds is 7. The van der Waals surface area contributed by atoms with Crippen LogP contribution in [0.5, 0.6) is 0 Å². The van der Waals surface area contributed by atoms with Crippen molar-refractivity contribution in [2.45, 2.75) is 23.5 Å². The van der Waals surface area contributed by atoms with Crippen LogP contribution in [-0.2, 0) is 5.75 Å². The molecule has 3 aromatic carbocycles. The minimum absolute atomic E-state index is 0.0102. The Bertz CT molecular complexity index is 833. The first-order valence-corrected chi connectivity index (χ1v) is 9.81. The Morgan fingerprint density at radius 2 is 1.50 bits per heavy atom. The minimum Gasteiger partial charge on any atom is -0.351 e. The van der Waals surface area contributed by atoms with Crippen molar-refractivity contribution in [2.75, 3.05) is 6.54 Å². The average Bonchev–Trinajstić information content (AvgIpc) is 2.72. The van der Waals surface area contributed by atoms with Crippen LogP contribution in [0.2, 0.25) is 0 Å². The first-order chi connectivity index (χ1) is 12.7. The molecule has 0 saturated heterocycles. The highest BCUT2D eigenvalue weighted by molar-refractivity contribution is 7.98. The predicted molar refractivity (Wildman–Crippen MR) is 110 cm³/mol. The van der Waals surface area contributed by atoms with Gasteiger partial charge in [0.15, 0.2) is 0 Å². The molecule has 0 aromatic heterocycles. The van der Waals surface area contributed by atoms with Crippen LogP contribution in [0.4, 0.5) is 0 Å². The summed E-state index contributed by atoms with van der Waals surface area (Å²) in [4.78, 5) is 13.7. The topological polar surface area (TPSA) is 29.1 Å². The van der Waals surface area contributed by atoms with E-state index in [9.17, 15) is 4.79 Å². The molecule has 0 fully saturated rings. The number of amides is 1. The summed E-state index contributed by atoms with van der Waals surface area (Å²) in [6.07, 6.45) is 0. The number of hydrogen-bond donors (Lipinski definition) is 1. The van der Waals surface area contributed by atoms with Crippen molar-refractivity contribution in [3.8, 4) is 0 Å². The van der Waals surface area contributed by atoms with Gasteiger partial charge in [-0.3, -0.25) is 4.79 Å². The molecule has 132 valence electrons. The number of carbonyl (C=O) groups is 1. The first kappa shape index (κ1) is 18.3. The van der Waals surface area contributed by atoms with Crippen LogP contribution >= 0.6 is 11.8 Å². The molecule has 1 atom stereocenters.